The second-order valence-corrected chi connectivity index (χ2v) is 6.95. The molecule has 1 aliphatic rings. The third-order valence-electron chi connectivity index (χ3n) is 4.55. The largest absolute Gasteiger partial charge is 0.493 e. The summed E-state index contributed by atoms with van der Waals surface area (Å²) >= 11 is 5.98. The van der Waals surface area contributed by atoms with Gasteiger partial charge >= 0.3 is 5.97 Å². The van der Waals surface area contributed by atoms with Crippen LogP contribution in [0.5, 0.6) is 11.5 Å². The van der Waals surface area contributed by atoms with Gasteiger partial charge in [0.05, 0.1) is 18.4 Å². The van der Waals surface area contributed by atoms with Gasteiger partial charge in [0.1, 0.15) is 5.82 Å². The molecule has 0 saturated carbocycles. The van der Waals surface area contributed by atoms with E-state index in [4.69, 9.17) is 21.1 Å². The molecule has 0 radical (unpaired) electrons. The summed E-state index contributed by atoms with van der Waals surface area (Å²) in [5.41, 5.74) is 2.77. The van der Waals surface area contributed by atoms with Gasteiger partial charge in [-0.15, -0.1) is 0 Å². The van der Waals surface area contributed by atoms with Crippen LogP contribution in [-0.2, 0) is 4.79 Å². The number of amides is 1. The first kappa shape index (κ1) is 19.7. The van der Waals surface area contributed by atoms with Crippen molar-refractivity contribution in [1.82, 2.24) is 0 Å². The highest BCUT2D eigenvalue weighted by Gasteiger charge is 2.24. The molecule has 0 fully saturated rings. The first-order valence-electron chi connectivity index (χ1n) is 8.93. The summed E-state index contributed by atoms with van der Waals surface area (Å²) in [5, 5.41) is 3.31. The topological polar surface area (TPSA) is 64.6 Å². The molecule has 5 nitrogen and oxygen atoms in total. The van der Waals surface area contributed by atoms with Gasteiger partial charge in [0.2, 0.25) is 0 Å². The molecular formula is C23H15ClFNO4. The van der Waals surface area contributed by atoms with Gasteiger partial charge in [-0.3, -0.25) is 4.79 Å². The summed E-state index contributed by atoms with van der Waals surface area (Å²) < 4.78 is 23.7. The second kappa shape index (κ2) is 8.00. The first-order valence-corrected chi connectivity index (χ1v) is 9.31. The number of nitrogens with one attached hydrogen (secondary N) is 1. The SMILES string of the molecule is COc1cc(C=C2C(=O)Nc3cc(Cl)ccc32)ccc1OC(=O)c1ccc(F)cc1. The predicted octanol–water partition coefficient (Wildman–Crippen LogP) is 5.20. The minimum absolute atomic E-state index is 0.206. The van der Waals surface area contributed by atoms with Crippen LogP contribution < -0.4 is 14.8 Å². The number of hydrogen-bond acceptors (Lipinski definition) is 4. The molecule has 0 aliphatic carbocycles. The van der Waals surface area contributed by atoms with E-state index in [0.717, 1.165) is 5.56 Å². The van der Waals surface area contributed by atoms with Gasteiger partial charge in [-0.25, -0.2) is 9.18 Å². The van der Waals surface area contributed by atoms with E-state index in [2.05, 4.69) is 5.32 Å². The Morgan fingerprint density at radius 1 is 1.03 bits per heavy atom. The summed E-state index contributed by atoms with van der Waals surface area (Å²) in [6, 6.07) is 15.1. The van der Waals surface area contributed by atoms with Crippen molar-refractivity contribution in [2.75, 3.05) is 12.4 Å². The molecule has 1 N–H and O–H groups in total. The molecule has 4 rings (SSSR count). The van der Waals surface area contributed by atoms with Gasteiger partial charge < -0.3 is 14.8 Å². The van der Waals surface area contributed by atoms with E-state index in [9.17, 15) is 14.0 Å². The summed E-state index contributed by atoms with van der Waals surface area (Å²) in [5.74, 6) is -0.800. The van der Waals surface area contributed by atoms with Gasteiger partial charge in [-0.1, -0.05) is 23.7 Å². The number of esters is 1. The summed E-state index contributed by atoms with van der Waals surface area (Å²) in [6.07, 6.45) is 1.71. The highest BCUT2D eigenvalue weighted by Crippen LogP contribution is 2.36. The highest BCUT2D eigenvalue weighted by atomic mass is 35.5. The molecule has 0 saturated heterocycles. The van der Waals surface area contributed by atoms with Crippen molar-refractivity contribution < 1.29 is 23.5 Å². The van der Waals surface area contributed by atoms with Crippen molar-refractivity contribution in [1.29, 1.82) is 0 Å². The van der Waals surface area contributed by atoms with Gasteiger partial charge in [-0.05, 0) is 60.2 Å². The fourth-order valence-corrected chi connectivity index (χ4v) is 3.25. The summed E-state index contributed by atoms with van der Waals surface area (Å²) in [4.78, 5) is 24.6. The average Bonchev–Trinajstić information content (AvgIpc) is 3.03. The fraction of sp³-hybridized carbons (Fsp3) is 0.0435. The maximum absolute atomic E-state index is 13.0. The zero-order chi connectivity index (χ0) is 21.3. The van der Waals surface area contributed by atoms with Crippen LogP contribution in [0.1, 0.15) is 21.5 Å². The molecule has 1 amide bonds. The van der Waals surface area contributed by atoms with Crippen molar-refractivity contribution in [3.63, 3.8) is 0 Å². The Kier molecular flexibility index (Phi) is 5.25. The Morgan fingerprint density at radius 3 is 2.53 bits per heavy atom. The number of rotatable bonds is 4. The Labute approximate surface area is 176 Å². The van der Waals surface area contributed by atoms with Crippen molar-refractivity contribution in [2.45, 2.75) is 0 Å². The molecule has 3 aromatic rings. The Hall–Kier alpha value is -3.64. The molecule has 1 aliphatic heterocycles. The lowest BCUT2D eigenvalue weighted by Gasteiger charge is -2.10. The maximum Gasteiger partial charge on any atom is 0.343 e. The first-order chi connectivity index (χ1) is 14.4. The Balaban J connectivity index is 1.62. The number of carbonyl (C=O) groups is 2. The number of hydrogen-bond donors (Lipinski definition) is 1. The monoisotopic (exact) mass is 423 g/mol. The van der Waals surface area contributed by atoms with Crippen LogP contribution in [0.3, 0.4) is 0 Å². The van der Waals surface area contributed by atoms with E-state index < -0.39 is 11.8 Å². The predicted molar refractivity (Wildman–Crippen MR) is 112 cm³/mol. The quantitative estimate of drug-likeness (QED) is 0.356. The van der Waals surface area contributed by atoms with Gasteiger partial charge in [0.25, 0.3) is 5.91 Å². The van der Waals surface area contributed by atoms with Crippen molar-refractivity contribution in [2.24, 2.45) is 0 Å². The number of halogens is 2. The van der Waals surface area contributed by atoms with Crippen molar-refractivity contribution in [3.8, 4) is 11.5 Å². The number of benzene rings is 3. The molecular weight excluding hydrogens is 409 g/mol. The summed E-state index contributed by atoms with van der Waals surface area (Å²) in [7, 11) is 1.45. The van der Waals surface area contributed by atoms with Crippen LogP contribution in [0.2, 0.25) is 5.02 Å². The number of methoxy groups -OCH3 is 1. The van der Waals surface area contributed by atoms with E-state index in [1.54, 1.807) is 42.5 Å². The lowest BCUT2D eigenvalue weighted by Crippen LogP contribution is -2.09. The van der Waals surface area contributed by atoms with Crippen LogP contribution in [0.25, 0.3) is 11.6 Å². The maximum atomic E-state index is 13.0. The third-order valence-corrected chi connectivity index (χ3v) is 4.78. The number of fused-ring (bicyclic) bond motifs is 1. The van der Waals surface area contributed by atoms with E-state index in [0.29, 0.717) is 27.6 Å². The molecule has 0 bridgehead atoms. The van der Waals surface area contributed by atoms with E-state index in [1.165, 1.54) is 31.4 Å². The molecule has 1 heterocycles. The normalized spacial score (nSPS) is 13.7. The molecule has 30 heavy (non-hydrogen) atoms. The van der Waals surface area contributed by atoms with Crippen molar-refractivity contribution in [3.05, 3.63) is 88.2 Å². The second-order valence-electron chi connectivity index (χ2n) is 6.51. The van der Waals surface area contributed by atoms with Crippen LogP contribution in [0.15, 0.2) is 60.7 Å². The van der Waals surface area contributed by atoms with Crippen LogP contribution in [0.4, 0.5) is 10.1 Å². The fourth-order valence-electron chi connectivity index (χ4n) is 3.08. The summed E-state index contributed by atoms with van der Waals surface area (Å²) in [6.45, 7) is 0. The minimum Gasteiger partial charge on any atom is -0.493 e. The van der Waals surface area contributed by atoms with E-state index >= 15 is 0 Å². The molecule has 0 aromatic heterocycles. The minimum atomic E-state index is -0.639. The van der Waals surface area contributed by atoms with Gasteiger partial charge in [0, 0.05) is 16.2 Å². The molecule has 0 atom stereocenters. The van der Waals surface area contributed by atoms with E-state index in [1.807, 2.05) is 0 Å². The van der Waals surface area contributed by atoms with Crippen LogP contribution in [0, 0.1) is 5.82 Å². The van der Waals surface area contributed by atoms with E-state index in [-0.39, 0.29) is 17.2 Å². The average molecular weight is 424 g/mol. The molecule has 3 aromatic carbocycles. The lowest BCUT2D eigenvalue weighted by atomic mass is 10.0. The number of ether oxygens (including phenoxy) is 2. The lowest BCUT2D eigenvalue weighted by molar-refractivity contribution is -0.110. The Bertz CT molecular complexity index is 1190. The molecule has 0 spiro atoms. The highest BCUT2D eigenvalue weighted by molar-refractivity contribution is 6.36. The van der Waals surface area contributed by atoms with Crippen molar-refractivity contribution >= 4 is 40.8 Å². The molecule has 7 heteroatoms. The smallest absolute Gasteiger partial charge is 0.343 e. The van der Waals surface area contributed by atoms with Crippen LogP contribution >= 0.6 is 11.6 Å². The number of anilines is 1. The number of carbonyl (C=O) groups excluding carboxylic acids is 2. The van der Waals surface area contributed by atoms with Crippen LogP contribution in [-0.4, -0.2) is 19.0 Å². The molecule has 150 valence electrons. The van der Waals surface area contributed by atoms with Gasteiger partial charge in [-0.2, -0.15) is 0 Å². The standard InChI is InChI=1S/C23H15ClFNO4/c1-29-21-11-13(10-18-17-8-5-15(24)12-19(17)26-22(18)27)2-9-20(21)30-23(28)14-3-6-16(25)7-4-14/h2-12H,1H3,(H,26,27). The third kappa shape index (κ3) is 3.90. The molecule has 0 unspecified atom stereocenters. The Morgan fingerprint density at radius 2 is 1.80 bits per heavy atom. The van der Waals surface area contributed by atoms with Gasteiger partial charge in [0.15, 0.2) is 11.5 Å². The zero-order valence-electron chi connectivity index (χ0n) is 15.7. The zero-order valence-corrected chi connectivity index (χ0v) is 16.5.